The van der Waals surface area contributed by atoms with Crippen LogP contribution in [0.15, 0.2) is 53.0 Å². The highest BCUT2D eigenvalue weighted by Gasteiger charge is 2.10. The second-order valence-corrected chi connectivity index (χ2v) is 6.07. The highest BCUT2D eigenvalue weighted by Crippen LogP contribution is 2.20. The van der Waals surface area contributed by atoms with Crippen molar-refractivity contribution in [2.75, 3.05) is 20.8 Å². The van der Waals surface area contributed by atoms with Crippen molar-refractivity contribution in [2.45, 2.75) is 18.9 Å². The molecule has 2 rings (SSSR count). The number of rotatable bonds is 7. The molecule has 0 aromatic heterocycles. The standard InChI is InChI=1S/C18H22BrNO/c1-20-18(13-15-5-9-17(19)10-6-15)16-7-3-14(4-8-16)11-12-21-2/h3-10,18,20H,11-13H2,1-2H3. The summed E-state index contributed by atoms with van der Waals surface area (Å²) in [4.78, 5) is 0. The topological polar surface area (TPSA) is 21.3 Å². The van der Waals surface area contributed by atoms with Gasteiger partial charge in [0.25, 0.3) is 0 Å². The lowest BCUT2D eigenvalue weighted by Crippen LogP contribution is -2.18. The predicted octanol–water partition coefficient (Wildman–Crippen LogP) is 4.14. The van der Waals surface area contributed by atoms with Crippen molar-refractivity contribution in [1.29, 1.82) is 0 Å². The van der Waals surface area contributed by atoms with E-state index in [2.05, 4.69) is 69.8 Å². The molecule has 0 saturated carbocycles. The van der Waals surface area contributed by atoms with Crippen LogP contribution < -0.4 is 5.32 Å². The second kappa shape index (κ2) is 8.32. The van der Waals surface area contributed by atoms with Crippen molar-refractivity contribution in [1.82, 2.24) is 5.32 Å². The molecule has 0 aliphatic rings. The monoisotopic (exact) mass is 347 g/mol. The molecule has 0 saturated heterocycles. The van der Waals surface area contributed by atoms with Gasteiger partial charge in [0.2, 0.25) is 0 Å². The minimum Gasteiger partial charge on any atom is -0.384 e. The molecule has 3 heteroatoms. The zero-order valence-electron chi connectivity index (χ0n) is 12.6. The maximum absolute atomic E-state index is 5.12. The van der Waals surface area contributed by atoms with Crippen molar-refractivity contribution in [2.24, 2.45) is 0 Å². The van der Waals surface area contributed by atoms with Gasteiger partial charge in [0.1, 0.15) is 0 Å². The van der Waals surface area contributed by atoms with Crippen LogP contribution in [0.1, 0.15) is 22.7 Å². The summed E-state index contributed by atoms with van der Waals surface area (Å²) < 4.78 is 6.24. The Kier molecular flexibility index (Phi) is 6.43. The van der Waals surface area contributed by atoms with E-state index < -0.39 is 0 Å². The smallest absolute Gasteiger partial charge is 0.0502 e. The van der Waals surface area contributed by atoms with Gasteiger partial charge in [-0.25, -0.2) is 0 Å². The minimum absolute atomic E-state index is 0.336. The van der Waals surface area contributed by atoms with Crippen molar-refractivity contribution in [3.63, 3.8) is 0 Å². The number of ether oxygens (including phenoxy) is 1. The van der Waals surface area contributed by atoms with Gasteiger partial charge in [0, 0.05) is 17.6 Å². The zero-order valence-corrected chi connectivity index (χ0v) is 14.2. The predicted molar refractivity (Wildman–Crippen MR) is 91.7 cm³/mol. The van der Waals surface area contributed by atoms with Crippen LogP contribution in [-0.4, -0.2) is 20.8 Å². The van der Waals surface area contributed by atoms with Crippen molar-refractivity contribution >= 4 is 15.9 Å². The number of benzene rings is 2. The Labute approximate surface area is 135 Å². The number of likely N-dealkylation sites (N-methyl/N-ethyl adjacent to an activating group) is 1. The first-order chi connectivity index (χ1) is 10.2. The minimum atomic E-state index is 0.336. The molecule has 1 atom stereocenters. The maximum atomic E-state index is 5.12. The van der Waals surface area contributed by atoms with E-state index in [1.807, 2.05) is 7.05 Å². The van der Waals surface area contributed by atoms with Crippen LogP contribution >= 0.6 is 15.9 Å². The van der Waals surface area contributed by atoms with Crippen molar-refractivity contribution < 1.29 is 4.74 Å². The molecule has 1 unspecified atom stereocenters. The van der Waals surface area contributed by atoms with E-state index in [9.17, 15) is 0 Å². The Morgan fingerprint density at radius 3 is 2.19 bits per heavy atom. The summed E-state index contributed by atoms with van der Waals surface area (Å²) in [6.07, 6.45) is 1.95. The van der Waals surface area contributed by atoms with E-state index >= 15 is 0 Å². The molecule has 0 bridgehead atoms. The summed E-state index contributed by atoms with van der Waals surface area (Å²) in [5.41, 5.74) is 3.97. The van der Waals surface area contributed by atoms with E-state index in [0.29, 0.717) is 6.04 Å². The van der Waals surface area contributed by atoms with Crippen LogP contribution in [0.25, 0.3) is 0 Å². The largest absolute Gasteiger partial charge is 0.384 e. The molecule has 2 aromatic carbocycles. The van der Waals surface area contributed by atoms with Crippen molar-refractivity contribution in [3.8, 4) is 0 Å². The number of hydrogen-bond donors (Lipinski definition) is 1. The Bertz CT molecular complexity index is 536. The second-order valence-electron chi connectivity index (χ2n) is 5.16. The molecule has 0 aliphatic carbocycles. The summed E-state index contributed by atoms with van der Waals surface area (Å²) in [5.74, 6) is 0. The van der Waals surface area contributed by atoms with Gasteiger partial charge in [-0.1, -0.05) is 52.3 Å². The molecule has 1 N–H and O–H groups in total. The van der Waals surface area contributed by atoms with Gasteiger partial charge in [-0.2, -0.15) is 0 Å². The summed E-state index contributed by atoms with van der Waals surface area (Å²) in [5, 5.41) is 3.41. The van der Waals surface area contributed by atoms with Gasteiger partial charge >= 0.3 is 0 Å². The maximum Gasteiger partial charge on any atom is 0.0502 e. The fraction of sp³-hybridized carbons (Fsp3) is 0.333. The van der Waals surface area contributed by atoms with Gasteiger partial charge in [0.15, 0.2) is 0 Å². The van der Waals surface area contributed by atoms with Crippen LogP contribution in [0.4, 0.5) is 0 Å². The molecule has 0 amide bonds. The highest BCUT2D eigenvalue weighted by molar-refractivity contribution is 9.10. The van der Waals surface area contributed by atoms with E-state index in [4.69, 9.17) is 4.74 Å². The highest BCUT2D eigenvalue weighted by atomic mass is 79.9. The molecule has 2 nitrogen and oxygen atoms in total. The third-order valence-corrected chi connectivity index (χ3v) is 4.21. The fourth-order valence-corrected chi connectivity index (χ4v) is 2.64. The third kappa shape index (κ3) is 4.95. The summed E-state index contributed by atoms with van der Waals surface area (Å²) in [6.45, 7) is 0.772. The fourth-order valence-electron chi connectivity index (χ4n) is 2.38. The van der Waals surface area contributed by atoms with Crippen LogP contribution in [-0.2, 0) is 17.6 Å². The lowest BCUT2D eigenvalue weighted by Gasteiger charge is -2.17. The average Bonchev–Trinajstić information content (AvgIpc) is 2.53. The molecule has 112 valence electrons. The Morgan fingerprint density at radius 1 is 1.00 bits per heavy atom. The van der Waals surface area contributed by atoms with Crippen LogP contribution in [0, 0.1) is 0 Å². The van der Waals surface area contributed by atoms with Gasteiger partial charge < -0.3 is 10.1 Å². The molecular formula is C18H22BrNO. The summed E-state index contributed by atoms with van der Waals surface area (Å²) in [7, 11) is 3.76. The van der Waals surface area contributed by atoms with Gasteiger partial charge in [0.05, 0.1) is 6.61 Å². The molecule has 0 aliphatic heterocycles. The van der Waals surface area contributed by atoms with Gasteiger partial charge in [-0.05, 0) is 48.7 Å². The first kappa shape index (κ1) is 16.2. The SMILES string of the molecule is CNC(Cc1ccc(Br)cc1)c1ccc(CCOC)cc1. The first-order valence-corrected chi connectivity index (χ1v) is 8.01. The summed E-state index contributed by atoms with van der Waals surface area (Å²) in [6, 6.07) is 17.7. The van der Waals surface area contributed by atoms with Crippen LogP contribution in [0.5, 0.6) is 0 Å². The Hall–Kier alpha value is -1.16. The Morgan fingerprint density at radius 2 is 1.62 bits per heavy atom. The van der Waals surface area contributed by atoms with E-state index in [-0.39, 0.29) is 0 Å². The zero-order chi connectivity index (χ0) is 15.1. The molecule has 0 heterocycles. The Balaban J connectivity index is 2.04. The van der Waals surface area contributed by atoms with E-state index in [1.165, 1.54) is 16.7 Å². The molecule has 0 spiro atoms. The van der Waals surface area contributed by atoms with Gasteiger partial charge in [-0.15, -0.1) is 0 Å². The van der Waals surface area contributed by atoms with E-state index in [1.54, 1.807) is 7.11 Å². The number of methoxy groups -OCH3 is 1. The molecule has 2 aromatic rings. The quantitative estimate of drug-likeness (QED) is 0.812. The van der Waals surface area contributed by atoms with E-state index in [0.717, 1.165) is 23.9 Å². The molecule has 21 heavy (non-hydrogen) atoms. The average molecular weight is 348 g/mol. The van der Waals surface area contributed by atoms with Crippen LogP contribution in [0.2, 0.25) is 0 Å². The lowest BCUT2D eigenvalue weighted by atomic mass is 9.97. The molecule has 0 fully saturated rings. The van der Waals surface area contributed by atoms with Crippen molar-refractivity contribution in [3.05, 3.63) is 69.7 Å². The first-order valence-electron chi connectivity index (χ1n) is 7.22. The summed E-state index contributed by atoms with van der Waals surface area (Å²) >= 11 is 3.48. The lowest BCUT2D eigenvalue weighted by molar-refractivity contribution is 0.202. The van der Waals surface area contributed by atoms with Gasteiger partial charge in [-0.3, -0.25) is 0 Å². The van der Waals surface area contributed by atoms with Crippen LogP contribution in [0.3, 0.4) is 0 Å². The molecular weight excluding hydrogens is 326 g/mol. The third-order valence-electron chi connectivity index (χ3n) is 3.68. The number of halogens is 1. The number of hydrogen-bond acceptors (Lipinski definition) is 2. The molecule has 0 radical (unpaired) electrons. The number of nitrogens with one attached hydrogen (secondary N) is 1. The normalized spacial score (nSPS) is 12.3.